The van der Waals surface area contributed by atoms with Gasteiger partial charge in [-0.3, -0.25) is 0 Å². The van der Waals surface area contributed by atoms with Crippen LogP contribution in [-0.4, -0.2) is 24.2 Å². The van der Waals surface area contributed by atoms with Gasteiger partial charge in [-0.15, -0.1) is 0 Å². The summed E-state index contributed by atoms with van der Waals surface area (Å²) in [6.07, 6.45) is 0. The number of hydrogen-bond donors (Lipinski definition) is 2. The van der Waals surface area contributed by atoms with Gasteiger partial charge < -0.3 is 15.4 Å². The van der Waals surface area contributed by atoms with Crippen LogP contribution in [0.3, 0.4) is 0 Å². The van der Waals surface area contributed by atoms with Crippen molar-refractivity contribution in [3.8, 4) is 0 Å². The molecule has 1 rings (SSSR count). The van der Waals surface area contributed by atoms with Crippen LogP contribution in [-0.2, 0) is 9.53 Å². The van der Waals surface area contributed by atoms with Gasteiger partial charge in [0.1, 0.15) is 0 Å². The van der Waals surface area contributed by atoms with Crippen molar-refractivity contribution in [1.82, 2.24) is 10.6 Å². The van der Waals surface area contributed by atoms with Gasteiger partial charge in [0, 0.05) is 6.04 Å². The van der Waals surface area contributed by atoms with E-state index in [1.165, 1.54) is 7.11 Å². The molecule has 4 nitrogen and oxygen atoms in total. The molecule has 0 bridgehead atoms. The molecule has 1 unspecified atom stereocenters. The topological polar surface area (TPSA) is 50.4 Å². The van der Waals surface area contributed by atoms with Crippen LogP contribution in [0.5, 0.6) is 0 Å². The summed E-state index contributed by atoms with van der Waals surface area (Å²) in [6.45, 7) is 3.95. The normalized spacial score (nSPS) is 11.8. The maximum Gasteiger partial charge on any atom is 0.333 e. The van der Waals surface area contributed by atoms with Crippen LogP contribution in [0.2, 0.25) is 0 Å². The zero-order valence-corrected chi connectivity index (χ0v) is 11.6. The molecule has 0 aromatic heterocycles. The molecular formula is C13H18N2O2S. The SMILES string of the molecule is COC(=O)C(NC(=S)NC(C)C)c1ccccc1. The standard InChI is InChI=1S/C13H18N2O2S/c1-9(2)14-13(18)15-11(12(16)17-3)10-7-5-4-6-8-10/h4-9,11H,1-3H3,(H2,14,15,18). The van der Waals surface area contributed by atoms with Gasteiger partial charge in [-0.2, -0.15) is 0 Å². The minimum Gasteiger partial charge on any atom is -0.467 e. The first-order chi connectivity index (χ1) is 8.54. The van der Waals surface area contributed by atoms with E-state index in [4.69, 9.17) is 17.0 Å². The lowest BCUT2D eigenvalue weighted by atomic mass is 10.1. The van der Waals surface area contributed by atoms with E-state index in [9.17, 15) is 4.79 Å². The number of thiocarbonyl (C=S) groups is 1. The third kappa shape index (κ3) is 4.33. The minimum absolute atomic E-state index is 0.207. The second-order valence-electron chi connectivity index (χ2n) is 4.14. The molecule has 1 aromatic carbocycles. The van der Waals surface area contributed by atoms with Crippen molar-refractivity contribution in [2.75, 3.05) is 7.11 Å². The largest absolute Gasteiger partial charge is 0.467 e. The summed E-state index contributed by atoms with van der Waals surface area (Å²) in [5.41, 5.74) is 0.817. The van der Waals surface area contributed by atoms with Crippen molar-refractivity contribution in [1.29, 1.82) is 0 Å². The number of carbonyl (C=O) groups is 1. The van der Waals surface area contributed by atoms with E-state index in [-0.39, 0.29) is 12.0 Å². The van der Waals surface area contributed by atoms with Crippen molar-refractivity contribution in [2.24, 2.45) is 0 Å². The number of nitrogens with one attached hydrogen (secondary N) is 2. The van der Waals surface area contributed by atoms with Gasteiger partial charge in [-0.25, -0.2) is 4.79 Å². The van der Waals surface area contributed by atoms with E-state index in [1.807, 2.05) is 44.2 Å². The van der Waals surface area contributed by atoms with E-state index < -0.39 is 6.04 Å². The lowest BCUT2D eigenvalue weighted by Crippen LogP contribution is -2.43. The van der Waals surface area contributed by atoms with Crippen LogP contribution in [0, 0.1) is 0 Å². The predicted molar refractivity (Wildman–Crippen MR) is 75.2 cm³/mol. The Labute approximate surface area is 113 Å². The molecule has 98 valence electrons. The Morgan fingerprint density at radius 1 is 1.22 bits per heavy atom. The molecular weight excluding hydrogens is 248 g/mol. The number of methoxy groups -OCH3 is 1. The van der Waals surface area contributed by atoms with Gasteiger partial charge in [0.25, 0.3) is 0 Å². The highest BCUT2D eigenvalue weighted by Gasteiger charge is 2.21. The van der Waals surface area contributed by atoms with Crippen molar-refractivity contribution in [2.45, 2.75) is 25.9 Å². The molecule has 0 heterocycles. The molecule has 1 atom stereocenters. The maximum atomic E-state index is 11.8. The van der Waals surface area contributed by atoms with E-state index in [2.05, 4.69) is 10.6 Å². The lowest BCUT2D eigenvalue weighted by Gasteiger charge is -2.20. The predicted octanol–water partition coefficient (Wildman–Crippen LogP) is 1.77. The van der Waals surface area contributed by atoms with Crippen LogP contribution in [0.25, 0.3) is 0 Å². The summed E-state index contributed by atoms with van der Waals surface area (Å²) in [6, 6.07) is 8.95. The van der Waals surface area contributed by atoms with E-state index >= 15 is 0 Å². The Kier molecular flexibility index (Phi) is 5.58. The van der Waals surface area contributed by atoms with Crippen molar-refractivity contribution in [3.05, 3.63) is 35.9 Å². The highest BCUT2D eigenvalue weighted by Crippen LogP contribution is 2.13. The number of hydrogen-bond acceptors (Lipinski definition) is 3. The molecule has 0 saturated carbocycles. The first kappa shape index (κ1) is 14.4. The molecule has 0 fully saturated rings. The summed E-state index contributed by atoms with van der Waals surface area (Å²) in [4.78, 5) is 11.8. The summed E-state index contributed by atoms with van der Waals surface area (Å²) in [5, 5.41) is 6.43. The van der Waals surface area contributed by atoms with Crippen LogP contribution < -0.4 is 10.6 Å². The molecule has 0 saturated heterocycles. The molecule has 0 aliphatic heterocycles. The molecule has 0 spiro atoms. The summed E-state index contributed by atoms with van der Waals surface area (Å²) >= 11 is 5.14. The Morgan fingerprint density at radius 3 is 2.33 bits per heavy atom. The van der Waals surface area contributed by atoms with Crippen LogP contribution in [0.1, 0.15) is 25.5 Å². The van der Waals surface area contributed by atoms with E-state index in [1.54, 1.807) is 0 Å². The Morgan fingerprint density at radius 2 is 1.83 bits per heavy atom. The Hall–Kier alpha value is -1.62. The minimum atomic E-state index is -0.588. The fourth-order valence-electron chi connectivity index (χ4n) is 1.48. The van der Waals surface area contributed by atoms with Gasteiger partial charge >= 0.3 is 5.97 Å². The molecule has 0 radical (unpaired) electrons. The average molecular weight is 266 g/mol. The monoisotopic (exact) mass is 266 g/mol. The second-order valence-corrected chi connectivity index (χ2v) is 4.55. The molecule has 2 N–H and O–H groups in total. The van der Waals surface area contributed by atoms with Crippen molar-refractivity contribution < 1.29 is 9.53 Å². The quantitative estimate of drug-likeness (QED) is 0.642. The van der Waals surface area contributed by atoms with Crippen molar-refractivity contribution >= 4 is 23.3 Å². The van der Waals surface area contributed by atoms with Gasteiger partial charge in [-0.1, -0.05) is 30.3 Å². The molecule has 0 aliphatic carbocycles. The van der Waals surface area contributed by atoms with Gasteiger partial charge in [0.2, 0.25) is 0 Å². The zero-order valence-electron chi connectivity index (χ0n) is 10.8. The third-order valence-electron chi connectivity index (χ3n) is 2.26. The number of esters is 1. The number of carbonyl (C=O) groups excluding carboxylic acids is 1. The highest BCUT2D eigenvalue weighted by atomic mass is 32.1. The van der Waals surface area contributed by atoms with Crippen LogP contribution in [0.15, 0.2) is 30.3 Å². The fraction of sp³-hybridized carbons (Fsp3) is 0.385. The van der Waals surface area contributed by atoms with E-state index in [0.29, 0.717) is 5.11 Å². The Balaban J connectivity index is 2.80. The van der Waals surface area contributed by atoms with Crippen molar-refractivity contribution in [3.63, 3.8) is 0 Å². The first-order valence-electron chi connectivity index (χ1n) is 5.74. The molecule has 5 heteroatoms. The van der Waals surface area contributed by atoms with Crippen LogP contribution in [0.4, 0.5) is 0 Å². The third-order valence-corrected chi connectivity index (χ3v) is 2.50. The smallest absolute Gasteiger partial charge is 0.333 e. The maximum absolute atomic E-state index is 11.8. The van der Waals surface area contributed by atoms with Gasteiger partial charge in [0.05, 0.1) is 7.11 Å². The Bertz CT molecular complexity index is 407. The molecule has 0 amide bonds. The molecule has 0 aliphatic rings. The second kappa shape index (κ2) is 6.96. The van der Waals surface area contributed by atoms with Crippen LogP contribution >= 0.6 is 12.2 Å². The molecule has 18 heavy (non-hydrogen) atoms. The first-order valence-corrected chi connectivity index (χ1v) is 6.15. The average Bonchev–Trinajstić information content (AvgIpc) is 2.35. The number of rotatable bonds is 4. The van der Waals surface area contributed by atoms with Gasteiger partial charge in [-0.05, 0) is 31.6 Å². The number of benzene rings is 1. The number of ether oxygens (including phenoxy) is 1. The fourth-order valence-corrected chi connectivity index (χ4v) is 1.83. The lowest BCUT2D eigenvalue weighted by molar-refractivity contribution is -0.142. The van der Waals surface area contributed by atoms with E-state index in [0.717, 1.165) is 5.56 Å². The van der Waals surface area contributed by atoms with Gasteiger partial charge in [0.15, 0.2) is 11.2 Å². The zero-order chi connectivity index (χ0) is 13.5. The highest BCUT2D eigenvalue weighted by molar-refractivity contribution is 7.80. The molecule has 1 aromatic rings. The summed E-state index contributed by atoms with van der Waals surface area (Å²) < 4.78 is 4.78. The summed E-state index contributed by atoms with van der Waals surface area (Å²) in [5.74, 6) is -0.367. The summed E-state index contributed by atoms with van der Waals surface area (Å²) in [7, 11) is 1.36.